The van der Waals surface area contributed by atoms with E-state index in [1.54, 1.807) is 7.05 Å². The highest BCUT2D eigenvalue weighted by molar-refractivity contribution is 5.73. The van der Waals surface area contributed by atoms with E-state index in [0.717, 1.165) is 23.2 Å². The van der Waals surface area contributed by atoms with Gasteiger partial charge in [0, 0.05) is 7.05 Å². The van der Waals surface area contributed by atoms with Gasteiger partial charge in [-0.15, -0.1) is 0 Å². The van der Waals surface area contributed by atoms with Crippen molar-refractivity contribution in [2.75, 3.05) is 6.61 Å². The summed E-state index contributed by atoms with van der Waals surface area (Å²) in [5.74, 6) is 1.36. The van der Waals surface area contributed by atoms with Crippen molar-refractivity contribution in [3.63, 3.8) is 0 Å². The van der Waals surface area contributed by atoms with Crippen molar-refractivity contribution in [3.05, 3.63) is 45.9 Å². The third kappa shape index (κ3) is 2.78. The molecule has 4 heteroatoms. The molecule has 1 fully saturated rings. The Morgan fingerprint density at radius 1 is 1.32 bits per heavy atom. The fourth-order valence-electron chi connectivity index (χ4n) is 2.79. The highest BCUT2D eigenvalue weighted by Crippen LogP contribution is 2.37. The van der Waals surface area contributed by atoms with Crippen molar-refractivity contribution in [2.45, 2.75) is 33.1 Å². The van der Waals surface area contributed by atoms with E-state index >= 15 is 0 Å². The largest absolute Gasteiger partial charge is 0.491 e. The van der Waals surface area contributed by atoms with Crippen LogP contribution in [0.15, 0.2) is 29.1 Å². The lowest BCUT2D eigenvalue weighted by Crippen LogP contribution is -2.25. The van der Waals surface area contributed by atoms with Crippen LogP contribution >= 0.6 is 0 Å². The fourth-order valence-corrected chi connectivity index (χ4v) is 2.79. The molecule has 0 radical (unpaired) electrons. The lowest BCUT2D eigenvalue weighted by Gasteiger charge is -2.16. The molecule has 1 aromatic heterocycles. The first-order valence-electron chi connectivity index (χ1n) is 7.90. The molecule has 22 heavy (non-hydrogen) atoms. The van der Waals surface area contributed by atoms with E-state index in [0.29, 0.717) is 23.8 Å². The van der Waals surface area contributed by atoms with Gasteiger partial charge in [0.2, 0.25) is 0 Å². The number of rotatable bonds is 5. The molecule has 0 saturated heterocycles. The molecule has 1 aliphatic carbocycles. The lowest BCUT2D eigenvalue weighted by atomic mass is 9.99. The molecule has 0 N–H and O–H groups in total. The summed E-state index contributed by atoms with van der Waals surface area (Å²) in [6, 6.07) is 7.94. The van der Waals surface area contributed by atoms with Gasteiger partial charge < -0.3 is 4.74 Å². The highest BCUT2D eigenvalue weighted by Gasteiger charge is 2.27. The van der Waals surface area contributed by atoms with Crippen LogP contribution in [-0.2, 0) is 13.5 Å². The summed E-state index contributed by atoms with van der Waals surface area (Å²) in [7, 11) is 1.72. The van der Waals surface area contributed by atoms with Crippen LogP contribution in [0.25, 0.3) is 11.1 Å². The third-order valence-electron chi connectivity index (χ3n) is 4.15. The molecule has 0 amide bonds. The van der Waals surface area contributed by atoms with Crippen LogP contribution in [0.1, 0.15) is 31.0 Å². The van der Waals surface area contributed by atoms with Gasteiger partial charge in [-0.3, -0.25) is 4.79 Å². The van der Waals surface area contributed by atoms with E-state index in [4.69, 9.17) is 4.74 Å². The maximum Gasteiger partial charge on any atom is 0.278 e. The van der Waals surface area contributed by atoms with Gasteiger partial charge >= 0.3 is 0 Å². The van der Waals surface area contributed by atoms with Gasteiger partial charge in [0.25, 0.3) is 5.56 Å². The lowest BCUT2D eigenvalue weighted by molar-refractivity contribution is 0.331. The predicted octanol–water partition coefficient (Wildman–Crippen LogP) is 3.11. The quantitative estimate of drug-likeness (QED) is 0.852. The van der Waals surface area contributed by atoms with Gasteiger partial charge in [0.15, 0.2) is 5.75 Å². The average Bonchev–Trinajstić information content (AvgIpc) is 3.30. The number of aromatic nitrogens is 2. The minimum Gasteiger partial charge on any atom is -0.491 e. The van der Waals surface area contributed by atoms with E-state index in [1.165, 1.54) is 17.5 Å². The minimum atomic E-state index is -0.0997. The summed E-state index contributed by atoms with van der Waals surface area (Å²) in [4.78, 5) is 12.7. The monoisotopic (exact) mass is 298 g/mol. The molecule has 2 aromatic rings. The van der Waals surface area contributed by atoms with Gasteiger partial charge in [-0.25, -0.2) is 4.68 Å². The molecule has 0 atom stereocenters. The Hall–Kier alpha value is -2.10. The summed E-state index contributed by atoms with van der Waals surface area (Å²) in [6.07, 6.45) is 3.38. The third-order valence-corrected chi connectivity index (χ3v) is 4.15. The van der Waals surface area contributed by atoms with Crippen LogP contribution in [0.5, 0.6) is 5.75 Å². The molecule has 1 aromatic carbocycles. The normalized spacial score (nSPS) is 14.1. The van der Waals surface area contributed by atoms with E-state index in [1.807, 2.05) is 38.1 Å². The van der Waals surface area contributed by atoms with E-state index in [9.17, 15) is 4.79 Å². The fraction of sp³-hybridized carbons (Fsp3) is 0.444. The summed E-state index contributed by atoms with van der Waals surface area (Å²) in [6.45, 7) is 4.50. The second-order valence-electron chi connectivity index (χ2n) is 5.98. The average molecular weight is 298 g/mol. The molecule has 1 aliphatic rings. The van der Waals surface area contributed by atoms with Crippen LogP contribution in [0.4, 0.5) is 0 Å². The predicted molar refractivity (Wildman–Crippen MR) is 87.2 cm³/mol. The Kier molecular flexibility index (Phi) is 4.01. The van der Waals surface area contributed by atoms with E-state index in [2.05, 4.69) is 5.10 Å². The second kappa shape index (κ2) is 5.95. The number of ether oxygens (including phenoxy) is 1. The van der Waals surface area contributed by atoms with Crippen LogP contribution in [0.3, 0.4) is 0 Å². The molecule has 4 nitrogen and oxygen atoms in total. The highest BCUT2D eigenvalue weighted by atomic mass is 16.5. The summed E-state index contributed by atoms with van der Waals surface area (Å²) >= 11 is 0. The molecule has 0 spiro atoms. The Bertz CT molecular complexity index is 745. The van der Waals surface area contributed by atoms with Crippen molar-refractivity contribution in [3.8, 4) is 16.9 Å². The van der Waals surface area contributed by atoms with Crippen LogP contribution in [0.2, 0.25) is 0 Å². The first-order chi connectivity index (χ1) is 10.6. The van der Waals surface area contributed by atoms with Crippen LogP contribution in [0, 0.1) is 12.8 Å². The van der Waals surface area contributed by atoms with Gasteiger partial charge in [-0.1, -0.05) is 24.3 Å². The zero-order valence-corrected chi connectivity index (χ0v) is 13.4. The van der Waals surface area contributed by atoms with Crippen molar-refractivity contribution < 1.29 is 4.74 Å². The molecular formula is C18H22N2O2. The number of hydrogen-bond donors (Lipinski definition) is 0. The number of hydrogen-bond acceptors (Lipinski definition) is 3. The summed E-state index contributed by atoms with van der Waals surface area (Å²) in [5.41, 5.74) is 3.46. The van der Waals surface area contributed by atoms with Crippen LogP contribution in [-0.4, -0.2) is 16.4 Å². The van der Waals surface area contributed by atoms with E-state index < -0.39 is 0 Å². The topological polar surface area (TPSA) is 44.1 Å². The maximum atomic E-state index is 12.7. The molecule has 116 valence electrons. The summed E-state index contributed by atoms with van der Waals surface area (Å²) in [5, 5.41) is 4.47. The smallest absolute Gasteiger partial charge is 0.278 e. The van der Waals surface area contributed by atoms with Gasteiger partial charge in [-0.2, -0.15) is 5.10 Å². The summed E-state index contributed by atoms with van der Waals surface area (Å²) < 4.78 is 7.31. The Morgan fingerprint density at radius 2 is 2.05 bits per heavy atom. The van der Waals surface area contributed by atoms with Gasteiger partial charge in [0.1, 0.15) is 5.69 Å². The zero-order valence-electron chi connectivity index (χ0n) is 13.4. The first-order valence-corrected chi connectivity index (χ1v) is 7.90. The van der Waals surface area contributed by atoms with Crippen molar-refractivity contribution in [1.29, 1.82) is 0 Å². The molecule has 1 saturated carbocycles. The van der Waals surface area contributed by atoms with Crippen molar-refractivity contribution in [2.24, 2.45) is 13.0 Å². The zero-order chi connectivity index (χ0) is 15.7. The van der Waals surface area contributed by atoms with Gasteiger partial charge in [-0.05, 0) is 50.2 Å². The molecule has 3 rings (SSSR count). The van der Waals surface area contributed by atoms with Crippen LogP contribution < -0.4 is 10.3 Å². The molecule has 0 unspecified atom stereocenters. The maximum absolute atomic E-state index is 12.7. The Balaban J connectivity index is 2.23. The number of aryl methyl sites for hydroxylation is 2. The SMILES string of the molecule is CCOc1c(CC2CC2)nn(C)c(=O)c1-c1ccccc1C. The minimum absolute atomic E-state index is 0.0997. The molecule has 0 bridgehead atoms. The standard InChI is InChI=1S/C18H22N2O2/c1-4-22-17-15(11-13-9-10-13)19-20(3)18(21)16(17)14-8-6-5-7-12(14)2/h5-8,13H,4,9-11H2,1-3H3. The second-order valence-corrected chi connectivity index (χ2v) is 5.98. The first kappa shape index (κ1) is 14.8. The molecular weight excluding hydrogens is 276 g/mol. The number of nitrogens with zero attached hydrogens (tertiary/aromatic N) is 2. The molecule has 0 aliphatic heterocycles. The van der Waals surface area contributed by atoms with Crippen molar-refractivity contribution >= 4 is 0 Å². The molecule has 1 heterocycles. The Labute approximate surface area is 130 Å². The van der Waals surface area contributed by atoms with Gasteiger partial charge in [0.05, 0.1) is 12.2 Å². The van der Waals surface area contributed by atoms with Crippen molar-refractivity contribution in [1.82, 2.24) is 9.78 Å². The van der Waals surface area contributed by atoms with E-state index in [-0.39, 0.29) is 5.56 Å². The Morgan fingerprint density at radius 3 is 2.68 bits per heavy atom. The number of benzene rings is 1.